The molecule has 0 saturated heterocycles. The van der Waals surface area contributed by atoms with E-state index in [-0.39, 0.29) is 11.4 Å². The van der Waals surface area contributed by atoms with E-state index in [2.05, 4.69) is 15.2 Å². The standard InChI is InChI=1S/C23H17F3N2O5S/c1-13-9-18-19(31-13)10-14(22(29)28-21-8-3-15(12-27-21)23(24,25)26)11-20(18)32-16-4-6-17(7-5-16)34-33-30-2/h3-12H,1-2H3,(H,27,28,29). The number of aromatic nitrogens is 1. The van der Waals surface area contributed by atoms with E-state index >= 15 is 0 Å². The van der Waals surface area contributed by atoms with Gasteiger partial charge in [-0.15, -0.1) is 0 Å². The molecule has 4 aromatic rings. The van der Waals surface area contributed by atoms with Gasteiger partial charge in [0.15, 0.2) is 0 Å². The Morgan fingerprint density at radius 1 is 1.09 bits per heavy atom. The second kappa shape index (κ2) is 9.75. The molecule has 2 aromatic heterocycles. The number of carbonyl (C=O) groups is 1. The molecular weight excluding hydrogens is 473 g/mol. The highest BCUT2D eigenvalue weighted by Crippen LogP contribution is 2.35. The Hall–Kier alpha value is -3.54. The Bertz CT molecular complexity index is 1310. The molecule has 0 aliphatic rings. The molecule has 11 heteroatoms. The van der Waals surface area contributed by atoms with Crippen LogP contribution >= 0.6 is 12.0 Å². The Morgan fingerprint density at radius 2 is 1.85 bits per heavy atom. The highest BCUT2D eigenvalue weighted by atomic mass is 32.2. The average Bonchev–Trinajstić information content (AvgIpc) is 3.19. The number of nitrogens with zero attached hydrogens (tertiary/aromatic N) is 1. The molecule has 0 saturated carbocycles. The third-order valence-corrected chi connectivity index (χ3v) is 5.24. The summed E-state index contributed by atoms with van der Waals surface area (Å²) in [7, 11) is 1.40. The summed E-state index contributed by atoms with van der Waals surface area (Å²) in [6.07, 6.45) is -3.86. The van der Waals surface area contributed by atoms with Crippen molar-refractivity contribution in [3.05, 3.63) is 77.7 Å². The van der Waals surface area contributed by atoms with Gasteiger partial charge in [-0.1, -0.05) is 0 Å². The number of benzene rings is 2. The van der Waals surface area contributed by atoms with Gasteiger partial charge in [-0.3, -0.25) is 4.79 Å². The van der Waals surface area contributed by atoms with Gasteiger partial charge in [-0.2, -0.15) is 17.5 Å². The molecule has 2 aromatic carbocycles. The van der Waals surface area contributed by atoms with E-state index in [1.807, 2.05) is 0 Å². The number of carbonyl (C=O) groups excluding carboxylic acids is 1. The number of amides is 1. The van der Waals surface area contributed by atoms with Crippen LogP contribution in [-0.2, 0) is 15.4 Å². The Balaban J connectivity index is 1.58. The second-order valence-electron chi connectivity index (χ2n) is 7.02. The number of aryl methyl sites for hydroxylation is 1. The second-order valence-corrected chi connectivity index (χ2v) is 7.79. The van der Waals surface area contributed by atoms with E-state index in [1.54, 1.807) is 37.3 Å². The van der Waals surface area contributed by atoms with Crippen LogP contribution in [0.25, 0.3) is 11.0 Å². The Kier molecular flexibility index (Phi) is 6.77. The minimum atomic E-state index is -4.52. The van der Waals surface area contributed by atoms with Crippen LogP contribution in [0, 0.1) is 6.92 Å². The van der Waals surface area contributed by atoms with Crippen molar-refractivity contribution < 1.29 is 36.3 Å². The Morgan fingerprint density at radius 3 is 2.50 bits per heavy atom. The van der Waals surface area contributed by atoms with E-state index in [0.29, 0.717) is 34.4 Å². The van der Waals surface area contributed by atoms with Gasteiger partial charge in [0.25, 0.3) is 5.91 Å². The first-order valence-electron chi connectivity index (χ1n) is 9.77. The topological polar surface area (TPSA) is 82.8 Å². The first-order valence-corrected chi connectivity index (χ1v) is 10.5. The minimum absolute atomic E-state index is 0.0254. The fourth-order valence-corrected chi connectivity index (χ4v) is 3.43. The lowest BCUT2D eigenvalue weighted by Crippen LogP contribution is -2.14. The lowest BCUT2D eigenvalue weighted by atomic mass is 10.1. The molecule has 0 spiro atoms. The van der Waals surface area contributed by atoms with Crippen molar-refractivity contribution in [2.75, 3.05) is 12.4 Å². The predicted octanol–water partition coefficient (Wildman–Crippen LogP) is 6.78. The average molecular weight is 490 g/mol. The predicted molar refractivity (Wildman–Crippen MR) is 119 cm³/mol. The van der Waals surface area contributed by atoms with E-state index < -0.39 is 17.6 Å². The van der Waals surface area contributed by atoms with Crippen LogP contribution < -0.4 is 10.1 Å². The maximum atomic E-state index is 12.8. The van der Waals surface area contributed by atoms with Crippen LogP contribution in [0.15, 0.2) is 70.1 Å². The molecule has 2 heterocycles. The molecule has 0 aliphatic heterocycles. The van der Waals surface area contributed by atoms with E-state index in [1.165, 1.54) is 19.2 Å². The number of ether oxygens (including phenoxy) is 1. The zero-order valence-corrected chi connectivity index (χ0v) is 18.6. The van der Waals surface area contributed by atoms with Gasteiger partial charge in [0, 0.05) is 16.7 Å². The van der Waals surface area contributed by atoms with Crippen molar-refractivity contribution in [1.82, 2.24) is 4.98 Å². The van der Waals surface area contributed by atoms with E-state index in [4.69, 9.17) is 13.5 Å². The number of alkyl halides is 3. The maximum Gasteiger partial charge on any atom is 0.417 e. The van der Waals surface area contributed by atoms with Crippen LogP contribution in [0.4, 0.5) is 19.0 Å². The molecule has 0 radical (unpaired) electrons. The molecule has 1 N–H and O–H groups in total. The number of pyridine rings is 1. The number of halogens is 3. The summed E-state index contributed by atoms with van der Waals surface area (Å²) in [5.41, 5.74) is -0.313. The van der Waals surface area contributed by atoms with Gasteiger partial charge >= 0.3 is 6.18 Å². The molecule has 176 valence electrons. The van der Waals surface area contributed by atoms with Crippen LogP contribution in [0.3, 0.4) is 0 Å². The highest BCUT2D eigenvalue weighted by Gasteiger charge is 2.30. The molecule has 1 amide bonds. The van der Waals surface area contributed by atoms with Crippen molar-refractivity contribution in [2.45, 2.75) is 18.0 Å². The fourth-order valence-electron chi connectivity index (χ4n) is 3.04. The van der Waals surface area contributed by atoms with Crippen LogP contribution in [0.5, 0.6) is 11.5 Å². The summed E-state index contributed by atoms with van der Waals surface area (Å²) in [6.45, 7) is 1.76. The third kappa shape index (κ3) is 5.50. The SMILES string of the molecule is COOSc1ccc(Oc2cc(C(=O)Nc3ccc(C(F)(F)F)cn3)cc3oc(C)cc23)cc1. The summed E-state index contributed by atoms with van der Waals surface area (Å²) in [5.74, 6) is 0.877. The number of hydrogen-bond acceptors (Lipinski definition) is 7. The summed E-state index contributed by atoms with van der Waals surface area (Å²) in [5, 5.41) is 3.14. The van der Waals surface area contributed by atoms with Crippen molar-refractivity contribution in [3.63, 3.8) is 0 Å². The van der Waals surface area contributed by atoms with Crippen molar-refractivity contribution in [1.29, 1.82) is 0 Å². The highest BCUT2D eigenvalue weighted by molar-refractivity contribution is 7.94. The van der Waals surface area contributed by atoms with Gasteiger partial charge < -0.3 is 14.5 Å². The van der Waals surface area contributed by atoms with Crippen LogP contribution in [-0.4, -0.2) is 18.0 Å². The molecule has 7 nitrogen and oxygen atoms in total. The van der Waals surface area contributed by atoms with Crippen molar-refractivity contribution in [2.24, 2.45) is 0 Å². The number of rotatable bonds is 7. The molecule has 0 bridgehead atoms. The normalized spacial score (nSPS) is 11.6. The number of nitrogens with one attached hydrogen (secondary N) is 1. The lowest BCUT2D eigenvalue weighted by molar-refractivity contribution is -0.160. The van der Waals surface area contributed by atoms with Crippen molar-refractivity contribution in [3.8, 4) is 11.5 Å². The monoisotopic (exact) mass is 490 g/mol. The number of anilines is 1. The molecule has 34 heavy (non-hydrogen) atoms. The first-order chi connectivity index (χ1) is 16.2. The minimum Gasteiger partial charge on any atom is -0.461 e. The van der Waals surface area contributed by atoms with Gasteiger partial charge in [0.05, 0.1) is 30.1 Å². The number of furan rings is 1. The molecular formula is C23H17F3N2O5S. The van der Waals surface area contributed by atoms with Crippen LogP contribution in [0.2, 0.25) is 0 Å². The Labute approximate surface area is 196 Å². The summed E-state index contributed by atoms with van der Waals surface area (Å²) >= 11 is 1.04. The fraction of sp³-hybridized carbons (Fsp3) is 0.130. The largest absolute Gasteiger partial charge is 0.461 e. The summed E-state index contributed by atoms with van der Waals surface area (Å²) in [6, 6.07) is 13.7. The number of hydrogen-bond donors (Lipinski definition) is 1. The molecule has 0 unspecified atom stereocenters. The smallest absolute Gasteiger partial charge is 0.417 e. The zero-order chi connectivity index (χ0) is 24.3. The molecule has 0 atom stereocenters. The molecule has 4 rings (SSSR count). The molecule has 0 aliphatic carbocycles. The van der Waals surface area contributed by atoms with E-state index in [0.717, 1.165) is 29.1 Å². The quantitative estimate of drug-likeness (QED) is 0.174. The number of fused-ring (bicyclic) bond motifs is 1. The van der Waals surface area contributed by atoms with Gasteiger partial charge in [-0.05, 0) is 61.5 Å². The van der Waals surface area contributed by atoms with Gasteiger partial charge in [0.2, 0.25) is 0 Å². The summed E-state index contributed by atoms with van der Waals surface area (Å²) < 4.78 is 54.7. The first kappa shape index (κ1) is 23.6. The van der Waals surface area contributed by atoms with Crippen LogP contribution in [0.1, 0.15) is 21.7 Å². The molecule has 0 fully saturated rings. The third-order valence-electron chi connectivity index (χ3n) is 4.57. The van der Waals surface area contributed by atoms with E-state index in [9.17, 15) is 18.0 Å². The van der Waals surface area contributed by atoms with Gasteiger partial charge in [-0.25, -0.2) is 9.87 Å². The maximum absolute atomic E-state index is 12.8. The van der Waals surface area contributed by atoms with Gasteiger partial charge in [0.1, 0.15) is 28.7 Å². The lowest BCUT2D eigenvalue weighted by Gasteiger charge is -2.11. The van der Waals surface area contributed by atoms with Crippen molar-refractivity contribution >= 4 is 34.7 Å². The zero-order valence-electron chi connectivity index (χ0n) is 17.8. The summed E-state index contributed by atoms with van der Waals surface area (Å²) in [4.78, 5) is 21.8.